The number of amides is 1. The third-order valence-electron chi connectivity index (χ3n) is 5.05. The second kappa shape index (κ2) is 10.2. The summed E-state index contributed by atoms with van der Waals surface area (Å²) in [6.07, 6.45) is -0.269. The SMILES string of the molecule is O=C(N[C@H](CN1CCC(O)CC1)[C@H](O)c1ccccc1)OCc1ccccc1. The van der Waals surface area contributed by atoms with E-state index in [1.54, 1.807) is 0 Å². The minimum absolute atomic E-state index is 0.177. The van der Waals surface area contributed by atoms with Crippen LogP contribution in [0.15, 0.2) is 60.7 Å². The van der Waals surface area contributed by atoms with Gasteiger partial charge in [-0.3, -0.25) is 0 Å². The van der Waals surface area contributed by atoms with E-state index in [1.165, 1.54) is 0 Å². The first-order valence-corrected chi connectivity index (χ1v) is 9.72. The monoisotopic (exact) mass is 384 g/mol. The summed E-state index contributed by atoms with van der Waals surface area (Å²) in [5.74, 6) is 0. The number of likely N-dealkylation sites (tertiary alicyclic amines) is 1. The van der Waals surface area contributed by atoms with Gasteiger partial charge in [0.15, 0.2) is 0 Å². The van der Waals surface area contributed by atoms with Gasteiger partial charge in [-0.15, -0.1) is 0 Å². The summed E-state index contributed by atoms with van der Waals surface area (Å²) in [5, 5.41) is 23.4. The Morgan fingerprint density at radius 1 is 1.07 bits per heavy atom. The number of hydrogen-bond acceptors (Lipinski definition) is 5. The Morgan fingerprint density at radius 3 is 2.32 bits per heavy atom. The Labute approximate surface area is 165 Å². The third-order valence-corrected chi connectivity index (χ3v) is 5.05. The minimum Gasteiger partial charge on any atom is -0.445 e. The van der Waals surface area contributed by atoms with Crippen LogP contribution in [0.1, 0.15) is 30.1 Å². The van der Waals surface area contributed by atoms with Gasteiger partial charge in [-0.25, -0.2) is 4.79 Å². The van der Waals surface area contributed by atoms with Crippen molar-refractivity contribution in [3.63, 3.8) is 0 Å². The van der Waals surface area contributed by atoms with Gasteiger partial charge < -0.3 is 25.2 Å². The molecule has 1 aliphatic heterocycles. The Kier molecular flexibility index (Phi) is 7.42. The maximum atomic E-state index is 12.4. The van der Waals surface area contributed by atoms with Crippen LogP contribution in [0.25, 0.3) is 0 Å². The second-order valence-electron chi connectivity index (χ2n) is 7.20. The average Bonchev–Trinajstić information content (AvgIpc) is 2.74. The summed E-state index contributed by atoms with van der Waals surface area (Å²) >= 11 is 0. The number of piperidine rings is 1. The van der Waals surface area contributed by atoms with Gasteiger partial charge in [0.1, 0.15) is 12.7 Å². The normalized spacial score (nSPS) is 17.6. The standard InChI is InChI=1S/C22H28N2O4/c25-19-11-13-24(14-12-19)15-20(21(26)18-9-5-2-6-10-18)23-22(27)28-16-17-7-3-1-4-8-17/h1-10,19-21,25-26H,11-16H2,(H,23,27)/t20-,21-/m1/s1. The number of benzene rings is 2. The summed E-state index contributed by atoms with van der Waals surface area (Å²) in [4.78, 5) is 14.5. The Balaban J connectivity index is 1.62. The predicted molar refractivity (Wildman–Crippen MR) is 107 cm³/mol. The third kappa shape index (κ3) is 6.05. The van der Waals surface area contributed by atoms with Crippen LogP contribution in [0.4, 0.5) is 4.79 Å². The van der Waals surface area contributed by atoms with E-state index in [4.69, 9.17) is 4.74 Å². The molecule has 6 nitrogen and oxygen atoms in total. The molecule has 1 heterocycles. The molecule has 0 aromatic heterocycles. The van der Waals surface area contributed by atoms with Gasteiger partial charge in [-0.2, -0.15) is 0 Å². The van der Waals surface area contributed by atoms with Crippen LogP contribution in [0.2, 0.25) is 0 Å². The highest BCUT2D eigenvalue weighted by Crippen LogP contribution is 2.19. The van der Waals surface area contributed by atoms with Crippen LogP contribution in [0, 0.1) is 0 Å². The molecule has 0 saturated carbocycles. The highest BCUT2D eigenvalue weighted by Gasteiger charge is 2.27. The lowest BCUT2D eigenvalue weighted by Crippen LogP contribution is -2.49. The fourth-order valence-corrected chi connectivity index (χ4v) is 3.40. The maximum absolute atomic E-state index is 12.4. The van der Waals surface area contributed by atoms with Gasteiger partial charge in [0.05, 0.1) is 12.1 Å². The molecule has 150 valence electrons. The van der Waals surface area contributed by atoms with E-state index < -0.39 is 18.2 Å². The Hall–Kier alpha value is -2.41. The molecule has 2 atom stereocenters. The lowest BCUT2D eigenvalue weighted by Gasteiger charge is -2.34. The number of nitrogens with zero attached hydrogens (tertiary/aromatic N) is 1. The van der Waals surface area contributed by atoms with Gasteiger partial charge in [0.2, 0.25) is 0 Å². The quantitative estimate of drug-likeness (QED) is 0.683. The summed E-state index contributed by atoms with van der Waals surface area (Å²) in [5.41, 5.74) is 1.65. The van der Waals surface area contributed by atoms with Crippen molar-refractivity contribution in [1.82, 2.24) is 10.2 Å². The zero-order valence-corrected chi connectivity index (χ0v) is 15.9. The molecular weight excluding hydrogens is 356 g/mol. The van der Waals surface area contributed by atoms with Crippen LogP contribution in [0.5, 0.6) is 0 Å². The molecule has 0 unspecified atom stereocenters. The van der Waals surface area contributed by atoms with E-state index in [1.807, 2.05) is 60.7 Å². The maximum Gasteiger partial charge on any atom is 0.407 e. The van der Waals surface area contributed by atoms with Crippen LogP contribution < -0.4 is 5.32 Å². The molecule has 0 aliphatic carbocycles. The molecule has 0 spiro atoms. The molecule has 1 fully saturated rings. The van der Waals surface area contributed by atoms with E-state index >= 15 is 0 Å². The van der Waals surface area contributed by atoms with Crippen molar-refractivity contribution in [3.8, 4) is 0 Å². The van der Waals surface area contributed by atoms with Crippen LogP contribution in [-0.2, 0) is 11.3 Å². The molecule has 0 bridgehead atoms. The van der Waals surface area contributed by atoms with Crippen molar-refractivity contribution in [2.45, 2.75) is 37.7 Å². The molecule has 28 heavy (non-hydrogen) atoms. The molecule has 3 rings (SSSR count). The number of carbonyl (C=O) groups is 1. The summed E-state index contributed by atoms with van der Waals surface area (Å²) in [6.45, 7) is 2.14. The number of aliphatic hydroxyl groups excluding tert-OH is 2. The molecule has 2 aromatic rings. The van der Waals surface area contributed by atoms with Gasteiger partial charge in [-0.05, 0) is 24.0 Å². The number of alkyl carbamates (subject to hydrolysis) is 1. The zero-order chi connectivity index (χ0) is 19.8. The van der Waals surface area contributed by atoms with Gasteiger partial charge in [0, 0.05) is 19.6 Å². The van der Waals surface area contributed by atoms with Crippen molar-refractivity contribution in [1.29, 1.82) is 0 Å². The number of nitrogens with one attached hydrogen (secondary N) is 1. The first-order valence-electron chi connectivity index (χ1n) is 9.72. The van der Waals surface area contributed by atoms with E-state index in [-0.39, 0.29) is 12.7 Å². The van der Waals surface area contributed by atoms with Crippen LogP contribution in [0.3, 0.4) is 0 Å². The minimum atomic E-state index is -0.850. The molecule has 1 amide bonds. The van der Waals surface area contributed by atoms with E-state index in [0.717, 1.165) is 24.2 Å². The summed E-state index contributed by atoms with van der Waals surface area (Å²) < 4.78 is 5.33. The number of rotatable bonds is 7. The number of hydrogen-bond donors (Lipinski definition) is 3. The van der Waals surface area contributed by atoms with Crippen molar-refractivity contribution >= 4 is 6.09 Å². The number of aliphatic hydroxyl groups is 2. The highest BCUT2D eigenvalue weighted by molar-refractivity contribution is 5.67. The van der Waals surface area contributed by atoms with Gasteiger partial charge >= 0.3 is 6.09 Å². The molecule has 0 radical (unpaired) electrons. The number of ether oxygens (including phenoxy) is 1. The summed E-state index contributed by atoms with van der Waals surface area (Å²) in [7, 11) is 0. The first kappa shape index (κ1) is 20.3. The molecule has 1 saturated heterocycles. The van der Waals surface area contributed by atoms with Crippen molar-refractivity contribution in [2.24, 2.45) is 0 Å². The highest BCUT2D eigenvalue weighted by atomic mass is 16.5. The van der Waals surface area contributed by atoms with Gasteiger partial charge in [0.25, 0.3) is 0 Å². The fraction of sp³-hybridized carbons (Fsp3) is 0.409. The largest absolute Gasteiger partial charge is 0.445 e. The van der Waals surface area contributed by atoms with Crippen LogP contribution >= 0.6 is 0 Å². The smallest absolute Gasteiger partial charge is 0.407 e. The zero-order valence-electron chi connectivity index (χ0n) is 15.9. The lowest BCUT2D eigenvalue weighted by atomic mass is 10.0. The molecule has 1 aliphatic rings. The Morgan fingerprint density at radius 2 is 1.68 bits per heavy atom. The predicted octanol–water partition coefficient (Wildman–Crippen LogP) is 2.47. The van der Waals surface area contributed by atoms with Crippen molar-refractivity contribution in [3.05, 3.63) is 71.8 Å². The average molecular weight is 384 g/mol. The Bertz CT molecular complexity index is 718. The van der Waals surface area contributed by atoms with Crippen molar-refractivity contribution < 1.29 is 19.7 Å². The summed E-state index contributed by atoms with van der Waals surface area (Å²) in [6, 6.07) is 18.3. The molecule has 6 heteroatoms. The van der Waals surface area contributed by atoms with E-state index in [2.05, 4.69) is 10.2 Å². The molecule has 2 aromatic carbocycles. The van der Waals surface area contributed by atoms with Crippen LogP contribution in [-0.4, -0.2) is 53.0 Å². The topological polar surface area (TPSA) is 82.0 Å². The number of carbonyl (C=O) groups excluding carboxylic acids is 1. The van der Waals surface area contributed by atoms with Crippen molar-refractivity contribution in [2.75, 3.05) is 19.6 Å². The second-order valence-corrected chi connectivity index (χ2v) is 7.20. The van der Waals surface area contributed by atoms with Gasteiger partial charge in [-0.1, -0.05) is 60.7 Å². The van der Waals surface area contributed by atoms with E-state index in [0.29, 0.717) is 19.4 Å². The lowest BCUT2D eigenvalue weighted by molar-refractivity contribution is 0.0521. The fourth-order valence-electron chi connectivity index (χ4n) is 3.40. The first-order chi connectivity index (χ1) is 13.6. The molecule has 3 N–H and O–H groups in total. The van der Waals surface area contributed by atoms with E-state index in [9.17, 15) is 15.0 Å². The molecular formula is C22H28N2O4.